The number of thiazole rings is 1. The largest absolute Gasteiger partial charge is 0.236 e. The van der Waals surface area contributed by atoms with Gasteiger partial charge < -0.3 is 0 Å². The van der Waals surface area contributed by atoms with E-state index in [9.17, 15) is 0 Å². The molecule has 2 aromatic heterocycles. The van der Waals surface area contributed by atoms with Crippen molar-refractivity contribution >= 4 is 45.6 Å². The average Bonchev–Trinajstić information content (AvgIpc) is 2.82. The van der Waals surface area contributed by atoms with Crippen LogP contribution < -0.4 is 0 Å². The van der Waals surface area contributed by atoms with E-state index in [0.29, 0.717) is 4.47 Å². The Morgan fingerprint density at radius 1 is 1.17 bits per heavy atom. The summed E-state index contributed by atoms with van der Waals surface area (Å²) in [6.07, 6.45) is 3.41. The van der Waals surface area contributed by atoms with E-state index in [0.717, 1.165) is 26.6 Å². The molecule has 0 bridgehead atoms. The van der Waals surface area contributed by atoms with Crippen molar-refractivity contribution in [3.05, 3.63) is 46.1 Å². The van der Waals surface area contributed by atoms with E-state index in [1.807, 2.05) is 30.5 Å². The van der Waals surface area contributed by atoms with Crippen LogP contribution in [-0.2, 0) is 5.75 Å². The van der Waals surface area contributed by atoms with Gasteiger partial charge in [-0.2, -0.15) is 0 Å². The van der Waals surface area contributed by atoms with E-state index < -0.39 is 0 Å². The summed E-state index contributed by atoms with van der Waals surface area (Å²) in [6, 6.07) is 8.01. The second-order valence-electron chi connectivity index (χ2n) is 3.56. The third-order valence-corrected chi connectivity index (χ3v) is 4.73. The minimum Gasteiger partial charge on any atom is -0.236 e. The molecule has 0 aliphatic rings. The molecule has 0 saturated carbocycles. The normalized spacial score (nSPS) is 10.9. The topological polar surface area (TPSA) is 38.7 Å². The second-order valence-corrected chi connectivity index (χ2v) is 6.23. The van der Waals surface area contributed by atoms with Crippen LogP contribution in [0.4, 0.5) is 0 Å². The molecule has 3 nitrogen and oxygen atoms in total. The van der Waals surface area contributed by atoms with Gasteiger partial charge in [-0.3, -0.25) is 0 Å². The van der Waals surface area contributed by atoms with Gasteiger partial charge in [0.05, 0.1) is 5.52 Å². The van der Waals surface area contributed by atoms with Crippen LogP contribution in [0, 0.1) is 0 Å². The van der Waals surface area contributed by atoms with Crippen molar-refractivity contribution in [2.24, 2.45) is 0 Å². The van der Waals surface area contributed by atoms with Crippen molar-refractivity contribution in [2.45, 2.75) is 10.8 Å². The lowest BCUT2D eigenvalue weighted by molar-refractivity contribution is 1.10. The highest BCUT2D eigenvalue weighted by Crippen LogP contribution is 2.29. The zero-order chi connectivity index (χ0) is 12.4. The molecule has 3 rings (SSSR count). The van der Waals surface area contributed by atoms with Crippen LogP contribution >= 0.6 is 34.7 Å². The third kappa shape index (κ3) is 2.48. The summed E-state index contributed by atoms with van der Waals surface area (Å²) >= 11 is 8.99. The molecule has 0 spiro atoms. The zero-order valence-corrected chi connectivity index (χ0v) is 11.6. The molecule has 0 N–H and O–H groups in total. The van der Waals surface area contributed by atoms with Gasteiger partial charge in [-0.05, 0) is 6.07 Å². The van der Waals surface area contributed by atoms with Crippen LogP contribution in [-0.4, -0.2) is 15.0 Å². The van der Waals surface area contributed by atoms with Crippen LogP contribution in [0.3, 0.4) is 0 Å². The van der Waals surface area contributed by atoms with Gasteiger partial charge in [-0.1, -0.05) is 29.8 Å². The SMILES string of the molecule is Clc1ncc(CSc2ncnc3ccccc23)s1. The fourth-order valence-corrected chi connectivity index (χ4v) is 3.57. The third-order valence-electron chi connectivity index (χ3n) is 2.38. The Morgan fingerprint density at radius 2 is 2.06 bits per heavy atom. The van der Waals surface area contributed by atoms with Crippen molar-refractivity contribution in [2.75, 3.05) is 0 Å². The van der Waals surface area contributed by atoms with E-state index in [2.05, 4.69) is 15.0 Å². The van der Waals surface area contributed by atoms with Gasteiger partial charge >= 0.3 is 0 Å². The highest BCUT2D eigenvalue weighted by Gasteiger charge is 2.05. The maximum atomic E-state index is 5.81. The fourth-order valence-electron chi connectivity index (χ4n) is 1.58. The van der Waals surface area contributed by atoms with Gasteiger partial charge in [-0.25, -0.2) is 15.0 Å². The van der Waals surface area contributed by atoms with E-state index in [4.69, 9.17) is 11.6 Å². The highest BCUT2D eigenvalue weighted by molar-refractivity contribution is 7.98. The molecular formula is C12H8ClN3S2. The van der Waals surface area contributed by atoms with Gasteiger partial charge in [0.1, 0.15) is 11.4 Å². The van der Waals surface area contributed by atoms with E-state index in [-0.39, 0.29) is 0 Å². The molecule has 0 unspecified atom stereocenters. The number of benzene rings is 1. The molecule has 0 aliphatic heterocycles. The lowest BCUT2D eigenvalue weighted by Gasteiger charge is -2.02. The summed E-state index contributed by atoms with van der Waals surface area (Å²) in [5.74, 6) is 0.825. The Morgan fingerprint density at radius 3 is 2.89 bits per heavy atom. The molecule has 6 heteroatoms. The highest BCUT2D eigenvalue weighted by atomic mass is 35.5. The first-order valence-electron chi connectivity index (χ1n) is 5.26. The van der Waals surface area contributed by atoms with Gasteiger partial charge in [0, 0.05) is 22.2 Å². The fraction of sp³-hybridized carbons (Fsp3) is 0.0833. The lowest BCUT2D eigenvalue weighted by atomic mass is 10.2. The molecule has 0 amide bonds. The summed E-state index contributed by atoms with van der Waals surface area (Å²) in [6.45, 7) is 0. The second kappa shape index (κ2) is 5.22. The van der Waals surface area contributed by atoms with E-state index in [1.54, 1.807) is 18.1 Å². The molecule has 0 atom stereocenters. The van der Waals surface area contributed by atoms with Crippen LogP contribution in [0.5, 0.6) is 0 Å². The molecule has 90 valence electrons. The first-order chi connectivity index (χ1) is 8.83. The number of hydrogen-bond acceptors (Lipinski definition) is 5. The summed E-state index contributed by atoms with van der Waals surface area (Å²) in [7, 11) is 0. The Kier molecular flexibility index (Phi) is 3.45. The maximum Gasteiger partial charge on any atom is 0.183 e. The molecule has 0 radical (unpaired) electrons. The Bertz CT molecular complexity index is 678. The van der Waals surface area contributed by atoms with Crippen LogP contribution in [0.15, 0.2) is 41.8 Å². The minimum absolute atomic E-state index is 0.582. The van der Waals surface area contributed by atoms with Crippen LogP contribution in [0.1, 0.15) is 4.88 Å². The van der Waals surface area contributed by atoms with Gasteiger partial charge in [-0.15, -0.1) is 23.1 Å². The summed E-state index contributed by atoms with van der Waals surface area (Å²) in [5.41, 5.74) is 0.970. The van der Waals surface area contributed by atoms with Crippen molar-refractivity contribution in [3.63, 3.8) is 0 Å². The van der Waals surface area contributed by atoms with Crippen LogP contribution in [0.25, 0.3) is 10.9 Å². The summed E-state index contributed by atoms with van der Waals surface area (Å²) in [5, 5.41) is 2.07. The smallest absolute Gasteiger partial charge is 0.183 e. The lowest BCUT2D eigenvalue weighted by Crippen LogP contribution is -1.86. The Hall–Kier alpha value is -1.17. The first kappa shape index (κ1) is 11.9. The van der Waals surface area contributed by atoms with Crippen LogP contribution in [0.2, 0.25) is 4.47 Å². The number of aromatic nitrogens is 3. The van der Waals surface area contributed by atoms with E-state index in [1.165, 1.54) is 11.3 Å². The number of thioether (sulfide) groups is 1. The monoisotopic (exact) mass is 293 g/mol. The van der Waals surface area contributed by atoms with Gasteiger partial charge in [0.15, 0.2) is 4.47 Å². The number of hydrogen-bond donors (Lipinski definition) is 0. The molecule has 2 heterocycles. The molecule has 0 aliphatic carbocycles. The van der Waals surface area contributed by atoms with Crippen molar-refractivity contribution in [1.82, 2.24) is 15.0 Å². The number of halogens is 1. The summed E-state index contributed by atoms with van der Waals surface area (Å²) < 4.78 is 0.582. The van der Waals surface area contributed by atoms with Gasteiger partial charge in [0.2, 0.25) is 0 Å². The van der Waals surface area contributed by atoms with Crippen molar-refractivity contribution in [1.29, 1.82) is 0 Å². The molecule has 3 aromatic rings. The summed E-state index contributed by atoms with van der Waals surface area (Å²) in [4.78, 5) is 13.8. The molecule has 0 fully saturated rings. The predicted octanol–water partition coefficient (Wildman–Crippen LogP) is 4.03. The minimum atomic E-state index is 0.582. The number of rotatable bonds is 3. The Balaban J connectivity index is 1.86. The Labute approximate surface area is 117 Å². The molecule has 0 saturated heterocycles. The van der Waals surface area contributed by atoms with Crippen molar-refractivity contribution in [3.8, 4) is 0 Å². The van der Waals surface area contributed by atoms with Gasteiger partial charge in [0.25, 0.3) is 0 Å². The predicted molar refractivity (Wildman–Crippen MR) is 76.2 cm³/mol. The number of para-hydroxylation sites is 1. The maximum absolute atomic E-state index is 5.81. The average molecular weight is 294 g/mol. The van der Waals surface area contributed by atoms with E-state index >= 15 is 0 Å². The quantitative estimate of drug-likeness (QED) is 0.540. The molecule has 18 heavy (non-hydrogen) atoms. The number of nitrogens with zero attached hydrogens (tertiary/aromatic N) is 3. The van der Waals surface area contributed by atoms with Crippen molar-refractivity contribution < 1.29 is 0 Å². The molecular weight excluding hydrogens is 286 g/mol. The molecule has 1 aromatic carbocycles. The zero-order valence-electron chi connectivity index (χ0n) is 9.21. The first-order valence-corrected chi connectivity index (χ1v) is 7.44. The standard InChI is InChI=1S/C12H8ClN3S2/c13-12-14-5-8(18-12)6-17-11-9-3-1-2-4-10(9)15-7-16-11/h1-5,7H,6H2. The number of fused-ring (bicyclic) bond motifs is 1.